The molecule has 2 bridgehead atoms. The molecule has 3 aromatic rings. The van der Waals surface area contributed by atoms with Gasteiger partial charge in [-0.15, -0.1) is 0 Å². The van der Waals surface area contributed by atoms with E-state index in [-0.39, 0.29) is 37.5 Å². The predicted octanol–water partition coefficient (Wildman–Crippen LogP) is 7.17. The fourth-order valence-electron chi connectivity index (χ4n) is 6.92. The summed E-state index contributed by atoms with van der Waals surface area (Å²) in [5.74, 6) is -0.0549. The summed E-state index contributed by atoms with van der Waals surface area (Å²) in [5, 5.41) is 11.7. The number of alkyl halides is 3. The van der Waals surface area contributed by atoms with Gasteiger partial charge in [-0.25, -0.2) is 4.79 Å². The van der Waals surface area contributed by atoms with E-state index < -0.39 is 23.4 Å². The maximum atomic E-state index is 13.5. The first-order valence-electron chi connectivity index (χ1n) is 13.2. The maximum absolute atomic E-state index is 13.5. The molecular formula is C31H30F3NO3. The van der Waals surface area contributed by atoms with Gasteiger partial charge in [0.15, 0.2) is 0 Å². The van der Waals surface area contributed by atoms with Crippen molar-refractivity contribution in [1.29, 1.82) is 0 Å². The van der Waals surface area contributed by atoms with Crippen LogP contribution in [-0.4, -0.2) is 34.8 Å². The number of aliphatic hydroxyl groups is 1. The van der Waals surface area contributed by atoms with Crippen LogP contribution in [0.15, 0.2) is 66.7 Å². The number of nitrogens with zero attached hydrogens (tertiary/aromatic N) is 1. The second kappa shape index (κ2) is 9.16. The molecule has 0 spiro atoms. The van der Waals surface area contributed by atoms with E-state index in [1.165, 1.54) is 6.07 Å². The number of hydrogen-bond acceptors (Lipinski definition) is 3. The predicted molar refractivity (Wildman–Crippen MR) is 138 cm³/mol. The van der Waals surface area contributed by atoms with Crippen molar-refractivity contribution in [1.82, 2.24) is 4.90 Å². The fraction of sp³-hybridized carbons (Fsp3) is 0.387. The molecule has 198 valence electrons. The van der Waals surface area contributed by atoms with Crippen molar-refractivity contribution in [3.8, 4) is 11.1 Å². The van der Waals surface area contributed by atoms with Crippen LogP contribution in [-0.2, 0) is 16.5 Å². The first kappa shape index (κ1) is 25.0. The molecule has 0 radical (unpaired) electrons. The first-order valence-corrected chi connectivity index (χ1v) is 13.2. The molecule has 2 unspecified atom stereocenters. The van der Waals surface area contributed by atoms with Gasteiger partial charge in [0.2, 0.25) is 0 Å². The lowest BCUT2D eigenvalue weighted by atomic mass is 9.71. The summed E-state index contributed by atoms with van der Waals surface area (Å²) >= 11 is 0. The van der Waals surface area contributed by atoms with Gasteiger partial charge in [0.25, 0.3) is 0 Å². The van der Waals surface area contributed by atoms with Gasteiger partial charge in [-0.3, -0.25) is 0 Å². The first-order chi connectivity index (χ1) is 18.2. The molecule has 7 heteroatoms. The van der Waals surface area contributed by atoms with Crippen LogP contribution in [0.4, 0.5) is 18.0 Å². The van der Waals surface area contributed by atoms with E-state index in [0.717, 1.165) is 40.8 Å². The number of benzene rings is 3. The molecule has 2 atom stereocenters. The highest BCUT2D eigenvalue weighted by Gasteiger charge is 2.49. The monoisotopic (exact) mass is 521 g/mol. The van der Waals surface area contributed by atoms with Crippen molar-refractivity contribution in [2.45, 2.75) is 68.8 Å². The Kier molecular flexibility index (Phi) is 6.02. The third kappa shape index (κ3) is 4.17. The van der Waals surface area contributed by atoms with Gasteiger partial charge in [-0.05, 0) is 71.7 Å². The number of hydrogen-bond donors (Lipinski definition) is 1. The Labute approximate surface area is 220 Å². The number of halogens is 3. The Balaban J connectivity index is 1.22. The van der Waals surface area contributed by atoms with Gasteiger partial charge in [0.05, 0.1) is 11.2 Å². The minimum atomic E-state index is -4.49. The van der Waals surface area contributed by atoms with Gasteiger partial charge >= 0.3 is 12.3 Å². The highest BCUT2D eigenvalue weighted by Crippen LogP contribution is 2.47. The summed E-state index contributed by atoms with van der Waals surface area (Å²) in [7, 11) is 0. The van der Waals surface area contributed by atoms with Crippen molar-refractivity contribution < 1.29 is 27.8 Å². The Morgan fingerprint density at radius 3 is 2.13 bits per heavy atom. The van der Waals surface area contributed by atoms with E-state index in [2.05, 4.69) is 24.3 Å². The summed E-state index contributed by atoms with van der Waals surface area (Å²) in [6.45, 7) is 1.93. The average molecular weight is 522 g/mol. The molecule has 3 aliphatic rings. The number of piperidine rings is 2. The Bertz CT molecular complexity index is 1330. The van der Waals surface area contributed by atoms with Crippen molar-refractivity contribution in [2.24, 2.45) is 0 Å². The Hall–Kier alpha value is -3.32. The van der Waals surface area contributed by atoms with Gasteiger partial charge < -0.3 is 14.7 Å². The number of aryl methyl sites for hydroxylation is 1. The molecule has 4 nitrogen and oxygen atoms in total. The van der Waals surface area contributed by atoms with Gasteiger partial charge in [0.1, 0.15) is 6.61 Å². The van der Waals surface area contributed by atoms with E-state index in [4.69, 9.17) is 4.74 Å². The average Bonchev–Trinajstić information content (AvgIpc) is 3.20. The van der Waals surface area contributed by atoms with Crippen molar-refractivity contribution in [3.63, 3.8) is 0 Å². The summed E-state index contributed by atoms with van der Waals surface area (Å²) in [6, 6.07) is 19.3. The molecule has 1 amide bonds. The minimum Gasteiger partial charge on any atom is -0.448 e. The number of fused-ring (bicyclic) bond motifs is 5. The molecule has 2 fully saturated rings. The normalized spacial score (nSPS) is 24.6. The number of rotatable bonds is 3. The maximum Gasteiger partial charge on any atom is 0.416 e. The minimum absolute atomic E-state index is 0.0549. The molecule has 1 aliphatic carbocycles. The van der Waals surface area contributed by atoms with Gasteiger partial charge in [-0.1, -0.05) is 54.6 Å². The van der Waals surface area contributed by atoms with Gasteiger partial charge in [-0.2, -0.15) is 13.2 Å². The Morgan fingerprint density at radius 2 is 1.55 bits per heavy atom. The van der Waals surface area contributed by atoms with Crippen LogP contribution < -0.4 is 0 Å². The van der Waals surface area contributed by atoms with Crippen molar-refractivity contribution in [2.75, 3.05) is 6.61 Å². The molecule has 2 saturated heterocycles. The molecule has 38 heavy (non-hydrogen) atoms. The van der Waals surface area contributed by atoms with E-state index in [0.29, 0.717) is 24.0 Å². The smallest absolute Gasteiger partial charge is 0.416 e. The third-order valence-corrected chi connectivity index (χ3v) is 8.62. The lowest BCUT2D eigenvalue weighted by molar-refractivity contribution is -0.138. The van der Waals surface area contributed by atoms with Gasteiger partial charge in [0, 0.05) is 30.8 Å². The van der Waals surface area contributed by atoms with Crippen molar-refractivity contribution >= 4 is 6.09 Å². The zero-order chi connectivity index (χ0) is 26.7. The van der Waals surface area contributed by atoms with Crippen LogP contribution in [0.1, 0.15) is 65.8 Å². The van der Waals surface area contributed by atoms with E-state index in [9.17, 15) is 23.1 Å². The quantitative estimate of drug-likeness (QED) is 0.398. The summed E-state index contributed by atoms with van der Waals surface area (Å²) in [6.07, 6.45) is -2.26. The fourth-order valence-corrected chi connectivity index (χ4v) is 6.92. The zero-order valence-electron chi connectivity index (χ0n) is 21.2. The largest absolute Gasteiger partial charge is 0.448 e. The zero-order valence-corrected chi connectivity index (χ0v) is 21.2. The molecule has 0 aromatic heterocycles. The lowest BCUT2D eigenvalue weighted by Crippen LogP contribution is -2.59. The van der Waals surface area contributed by atoms with Crippen LogP contribution in [0.3, 0.4) is 0 Å². The topological polar surface area (TPSA) is 49.8 Å². The van der Waals surface area contributed by atoms with E-state index in [1.807, 2.05) is 24.3 Å². The molecule has 2 aliphatic heterocycles. The van der Waals surface area contributed by atoms with Crippen LogP contribution in [0.2, 0.25) is 0 Å². The third-order valence-electron chi connectivity index (χ3n) is 8.62. The highest BCUT2D eigenvalue weighted by atomic mass is 19.4. The molecular weight excluding hydrogens is 491 g/mol. The van der Waals surface area contributed by atoms with E-state index >= 15 is 0 Å². The van der Waals surface area contributed by atoms with Crippen LogP contribution in [0.5, 0.6) is 0 Å². The molecule has 0 saturated carbocycles. The molecule has 2 heterocycles. The van der Waals surface area contributed by atoms with Crippen LogP contribution >= 0.6 is 0 Å². The summed E-state index contributed by atoms with van der Waals surface area (Å²) < 4.78 is 46.2. The summed E-state index contributed by atoms with van der Waals surface area (Å²) in [4.78, 5) is 15.2. The van der Waals surface area contributed by atoms with Crippen LogP contribution in [0.25, 0.3) is 11.1 Å². The number of ether oxygens (including phenoxy) is 1. The second-order valence-electron chi connectivity index (χ2n) is 10.9. The Morgan fingerprint density at radius 1 is 0.974 bits per heavy atom. The number of amides is 1. The van der Waals surface area contributed by atoms with E-state index in [1.54, 1.807) is 11.8 Å². The SMILES string of the molecule is Cc1ccc(C(F)(F)F)cc1C1(O)CC2CCCC(C1)N2C(=O)OCC1c2ccccc2-c2ccccc21. The van der Waals surface area contributed by atoms with Crippen molar-refractivity contribution in [3.05, 3.63) is 94.5 Å². The van der Waals surface area contributed by atoms with Crippen LogP contribution in [0, 0.1) is 6.92 Å². The number of carbonyl (C=O) groups is 1. The second-order valence-corrected chi connectivity index (χ2v) is 10.9. The molecule has 3 aromatic carbocycles. The summed E-state index contributed by atoms with van der Waals surface area (Å²) in [5.41, 5.74) is 3.30. The molecule has 6 rings (SSSR count). The lowest BCUT2D eigenvalue weighted by Gasteiger charge is -2.51. The highest BCUT2D eigenvalue weighted by molar-refractivity contribution is 5.79. The number of carbonyl (C=O) groups excluding carboxylic acids is 1. The standard InChI is InChI=1S/C31H30F3NO3/c1-19-13-14-20(31(32,33)34)15-28(19)30(37)16-21-7-6-8-22(17-30)35(21)29(36)38-18-27-25-11-4-2-9-23(25)24-10-3-5-12-26(24)27/h2-5,9-15,21-22,27,37H,6-8,16-18H2,1H3. The molecule has 1 N–H and O–H groups in total.